The minimum Gasteiger partial charge on any atom is -0.449 e. The molecule has 5 heteroatoms. The minimum absolute atomic E-state index is 0.0512. The molecule has 1 amide bonds. The first-order valence-electron chi connectivity index (χ1n) is 6.12. The molecule has 19 heavy (non-hydrogen) atoms. The van der Waals surface area contributed by atoms with Crippen LogP contribution in [0.3, 0.4) is 0 Å². The van der Waals surface area contributed by atoms with Crippen LogP contribution in [-0.4, -0.2) is 18.2 Å². The highest BCUT2D eigenvalue weighted by atomic mass is 79.9. The molecule has 0 aliphatic rings. The molecule has 0 heterocycles. The van der Waals surface area contributed by atoms with Gasteiger partial charge in [0.25, 0.3) is 0 Å². The molecule has 1 aromatic carbocycles. The van der Waals surface area contributed by atoms with Crippen LogP contribution in [0.2, 0.25) is 0 Å². The van der Waals surface area contributed by atoms with Crippen molar-refractivity contribution in [3.8, 4) is 0 Å². The maximum atomic E-state index is 13.9. The number of nitrogens with one attached hydrogen (secondary N) is 1. The quantitative estimate of drug-likeness (QED) is 0.889. The Balaban J connectivity index is 2.35. The van der Waals surface area contributed by atoms with Crippen molar-refractivity contribution < 1.29 is 13.9 Å². The Labute approximate surface area is 121 Å². The first-order valence-corrected chi connectivity index (χ1v) is 6.92. The van der Waals surface area contributed by atoms with E-state index in [1.54, 1.807) is 18.2 Å². The molecule has 1 aromatic rings. The molecule has 106 valence electrons. The summed E-state index contributed by atoms with van der Waals surface area (Å²) in [5.41, 5.74) is 0.227. The number of amides is 1. The number of halogens is 2. The van der Waals surface area contributed by atoms with E-state index in [9.17, 15) is 9.18 Å². The lowest BCUT2D eigenvalue weighted by molar-refractivity contribution is 0.125. The first-order chi connectivity index (χ1) is 8.78. The van der Waals surface area contributed by atoms with Gasteiger partial charge in [-0.15, -0.1) is 0 Å². The van der Waals surface area contributed by atoms with E-state index >= 15 is 0 Å². The average Bonchev–Trinajstić information content (AvgIpc) is 2.26. The van der Waals surface area contributed by atoms with E-state index in [0.717, 1.165) is 4.47 Å². The van der Waals surface area contributed by atoms with E-state index in [1.165, 1.54) is 0 Å². The summed E-state index contributed by atoms with van der Waals surface area (Å²) >= 11 is 3.29. The molecule has 0 aromatic heterocycles. The lowest BCUT2D eigenvalue weighted by Crippen LogP contribution is -2.41. The summed E-state index contributed by atoms with van der Waals surface area (Å²) < 4.78 is 19.6. The Morgan fingerprint density at radius 1 is 1.47 bits per heavy atom. The van der Waals surface area contributed by atoms with Crippen LogP contribution in [0.4, 0.5) is 9.18 Å². The molecule has 0 aliphatic heterocycles. The van der Waals surface area contributed by atoms with Gasteiger partial charge >= 0.3 is 6.09 Å². The van der Waals surface area contributed by atoms with Crippen LogP contribution in [0.5, 0.6) is 0 Å². The van der Waals surface area contributed by atoms with E-state index in [-0.39, 0.29) is 18.6 Å². The van der Waals surface area contributed by atoms with Crippen LogP contribution in [0.25, 0.3) is 0 Å². The van der Waals surface area contributed by atoms with Crippen molar-refractivity contribution in [3.63, 3.8) is 0 Å². The van der Waals surface area contributed by atoms with Gasteiger partial charge in [-0.2, -0.15) is 0 Å². The van der Waals surface area contributed by atoms with Gasteiger partial charge in [0.1, 0.15) is 6.17 Å². The van der Waals surface area contributed by atoms with E-state index < -0.39 is 12.3 Å². The standard InChI is InChI=1S/C14H19BrFNO2/c1-14(2,3)17-13(18)19-8-7-12(16)10-5-4-6-11(15)9-10/h4-6,9,12H,7-8H2,1-3H3,(H,17,18). The molecule has 0 saturated carbocycles. The van der Waals surface area contributed by atoms with Gasteiger partial charge in [0.15, 0.2) is 0 Å². The fraction of sp³-hybridized carbons (Fsp3) is 0.500. The van der Waals surface area contributed by atoms with Crippen molar-refractivity contribution in [2.24, 2.45) is 0 Å². The second kappa shape index (κ2) is 6.89. The number of ether oxygens (including phenoxy) is 1. The molecular formula is C14H19BrFNO2. The maximum Gasteiger partial charge on any atom is 0.407 e. The van der Waals surface area contributed by atoms with E-state index in [4.69, 9.17) is 4.74 Å². The summed E-state index contributed by atoms with van der Waals surface area (Å²) in [6.45, 7) is 5.62. The van der Waals surface area contributed by atoms with Gasteiger partial charge in [-0.25, -0.2) is 9.18 Å². The molecule has 0 aliphatic carbocycles. The van der Waals surface area contributed by atoms with E-state index in [0.29, 0.717) is 5.56 Å². The van der Waals surface area contributed by atoms with Gasteiger partial charge in [-0.1, -0.05) is 28.1 Å². The Hall–Kier alpha value is -1.10. The first kappa shape index (κ1) is 16.0. The molecule has 0 bridgehead atoms. The molecule has 1 rings (SSSR count). The molecule has 0 saturated heterocycles. The summed E-state index contributed by atoms with van der Waals surface area (Å²) in [7, 11) is 0. The van der Waals surface area contributed by atoms with Crippen LogP contribution in [0, 0.1) is 0 Å². The van der Waals surface area contributed by atoms with Crippen LogP contribution < -0.4 is 5.32 Å². The number of carbonyl (C=O) groups excluding carboxylic acids is 1. The third-order valence-corrected chi connectivity index (χ3v) is 2.79. The molecule has 0 spiro atoms. The molecule has 0 radical (unpaired) electrons. The lowest BCUT2D eigenvalue weighted by Gasteiger charge is -2.20. The fourth-order valence-electron chi connectivity index (χ4n) is 1.47. The predicted molar refractivity (Wildman–Crippen MR) is 76.8 cm³/mol. The highest BCUT2D eigenvalue weighted by Crippen LogP contribution is 2.23. The van der Waals surface area contributed by atoms with Gasteiger partial charge in [0.05, 0.1) is 6.61 Å². The van der Waals surface area contributed by atoms with Crippen molar-refractivity contribution in [3.05, 3.63) is 34.3 Å². The summed E-state index contributed by atoms with van der Waals surface area (Å²) in [5.74, 6) is 0. The third-order valence-electron chi connectivity index (χ3n) is 2.29. The predicted octanol–water partition coefficient (Wildman–Crippen LogP) is 4.37. The number of carbonyl (C=O) groups is 1. The summed E-state index contributed by atoms with van der Waals surface area (Å²) in [6, 6.07) is 7.05. The van der Waals surface area contributed by atoms with Crippen LogP contribution in [-0.2, 0) is 4.74 Å². The van der Waals surface area contributed by atoms with E-state index in [2.05, 4.69) is 21.2 Å². The number of hydrogen-bond donors (Lipinski definition) is 1. The van der Waals surface area contributed by atoms with Gasteiger partial charge in [-0.05, 0) is 38.5 Å². The summed E-state index contributed by atoms with van der Waals surface area (Å²) in [4.78, 5) is 11.4. The molecular weight excluding hydrogens is 313 g/mol. The van der Waals surface area contributed by atoms with Crippen molar-refractivity contribution in [2.45, 2.75) is 38.9 Å². The van der Waals surface area contributed by atoms with Crippen LogP contribution >= 0.6 is 15.9 Å². The third kappa shape index (κ3) is 6.57. The Kier molecular flexibility index (Phi) is 5.79. The van der Waals surface area contributed by atoms with Gasteiger partial charge < -0.3 is 10.1 Å². The highest BCUT2D eigenvalue weighted by molar-refractivity contribution is 9.10. The molecule has 1 N–H and O–H groups in total. The fourth-order valence-corrected chi connectivity index (χ4v) is 1.88. The lowest BCUT2D eigenvalue weighted by atomic mass is 10.1. The maximum absolute atomic E-state index is 13.9. The second-order valence-corrected chi connectivity index (χ2v) is 6.24. The monoisotopic (exact) mass is 331 g/mol. The van der Waals surface area contributed by atoms with Gasteiger partial charge in [-0.3, -0.25) is 0 Å². The normalized spacial score (nSPS) is 12.9. The molecule has 0 fully saturated rings. The smallest absolute Gasteiger partial charge is 0.407 e. The topological polar surface area (TPSA) is 38.3 Å². The van der Waals surface area contributed by atoms with E-state index in [1.807, 2.05) is 26.8 Å². The molecule has 1 atom stereocenters. The zero-order valence-corrected chi connectivity index (χ0v) is 13.0. The van der Waals surface area contributed by atoms with Crippen LogP contribution in [0.15, 0.2) is 28.7 Å². The van der Waals surface area contributed by atoms with Crippen molar-refractivity contribution in [1.29, 1.82) is 0 Å². The molecule has 3 nitrogen and oxygen atoms in total. The summed E-state index contributed by atoms with van der Waals surface area (Å²) in [6.07, 6.45) is -1.51. The average molecular weight is 332 g/mol. The number of hydrogen-bond acceptors (Lipinski definition) is 2. The second-order valence-electron chi connectivity index (χ2n) is 5.32. The van der Waals surface area contributed by atoms with Gasteiger partial charge in [0.2, 0.25) is 0 Å². The number of alkyl carbamates (subject to hydrolysis) is 1. The Bertz CT molecular complexity index is 432. The van der Waals surface area contributed by atoms with Crippen LogP contribution in [0.1, 0.15) is 38.9 Å². The Morgan fingerprint density at radius 2 is 2.16 bits per heavy atom. The summed E-state index contributed by atoms with van der Waals surface area (Å²) in [5, 5.41) is 2.65. The van der Waals surface area contributed by atoms with Crippen molar-refractivity contribution >= 4 is 22.0 Å². The Morgan fingerprint density at radius 3 is 2.74 bits per heavy atom. The minimum atomic E-state index is -1.14. The number of rotatable bonds is 4. The number of benzene rings is 1. The molecule has 1 unspecified atom stereocenters. The largest absolute Gasteiger partial charge is 0.449 e. The zero-order valence-electron chi connectivity index (χ0n) is 11.4. The highest BCUT2D eigenvalue weighted by Gasteiger charge is 2.16. The van der Waals surface area contributed by atoms with Gasteiger partial charge in [0, 0.05) is 16.4 Å². The SMILES string of the molecule is CC(C)(C)NC(=O)OCCC(F)c1cccc(Br)c1. The van der Waals surface area contributed by atoms with Crippen molar-refractivity contribution in [2.75, 3.05) is 6.61 Å². The number of alkyl halides is 1. The zero-order chi connectivity index (χ0) is 14.5. The van der Waals surface area contributed by atoms with Crippen molar-refractivity contribution in [1.82, 2.24) is 5.32 Å².